The van der Waals surface area contributed by atoms with E-state index < -0.39 is 28.5 Å². The molecule has 0 heterocycles. The molecule has 8 heteroatoms. The molecule has 3 aromatic rings. The Morgan fingerprint density at radius 1 is 0.868 bits per heavy atom. The van der Waals surface area contributed by atoms with Gasteiger partial charge in [0.05, 0.1) is 11.9 Å². The Morgan fingerprint density at radius 3 is 2.03 bits per heavy atom. The van der Waals surface area contributed by atoms with Gasteiger partial charge in [0.15, 0.2) is 0 Å². The number of nitrogens with zero attached hydrogens (tertiary/aromatic N) is 2. The lowest BCUT2D eigenvalue weighted by Gasteiger charge is -2.34. The fourth-order valence-electron chi connectivity index (χ4n) is 4.16. The number of sulfonamides is 1. The van der Waals surface area contributed by atoms with Crippen LogP contribution in [0.5, 0.6) is 0 Å². The minimum Gasteiger partial charge on any atom is -0.354 e. The van der Waals surface area contributed by atoms with Gasteiger partial charge in [0, 0.05) is 19.5 Å². The number of anilines is 1. The molecule has 0 spiro atoms. The molecule has 0 aliphatic heterocycles. The van der Waals surface area contributed by atoms with E-state index in [9.17, 15) is 18.0 Å². The second kappa shape index (κ2) is 13.2. The molecule has 3 rings (SSSR count). The van der Waals surface area contributed by atoms with E-state index in [0.717, 1.165) is 27.3 Å². The first-order valence-corrected chi connectivity index (χ1v) is 14.6. The van der Waals surface area contributed by atoms with E-state index in [4.69, 9.17) is 0 Å². The molecular weight excluding hydrogens is 498 g/mol. The lowest BCUT2D eigenvalue weighted by molar-refractivity contribution is -0.140. The fourth-order valence-corrected chi connectivity index (χ4v) is 5.01. The molecule has 0 saturated carbocycles. The molecule has 2 amide bonds. The molecule has 0 aliphatic carbocycles. The van der Waals surface area contributed by atoms with E-state index in [1.165, 1.54) is 4.90 Å². The number of hydrogen-bond acceptors (Lipinski definition) is 4. The maximum absolute atomic E-state index is 14.0. The highest BCUT2D eigenvalue weighted by molar-refractivity contribution is 7.92. The molecule has 0 radical (unpaired) electrons. The Kier molecular flexibility index (Phi) is 10.1. The van der Waals surface area contributed by atoms with Crippen LogP contribution >= 0.6 is 0 Å². The standard InChI is InChI=1S/C30H37N3O4S/c1-23(2)20-31-30(35)28(19-25-14-7-5-8-15-25)32(21-26-16-12-11-13-24(26)3)29(34)22-33(38(4,36)37)27-17-9-6-10-18-27/h5-18,23,28H,19-22H2,1-4H3,(H,31,35)/t28-/m1/s1. The molecule has 3 aromatic carbocycles. The van der Waals surface area contributed by atoms with E-state index >= 15 is 0 Å². The first-order valence-electron chi connectivity index (χ1n) is 12.7. The van der Waals surface area contributed by atoms with E-state index in [2.05, 4.69) is 5.32 Å². The van der Waals surface area contributed by atoms with Crippen molar-refractivity contribution < 1.29 is 18.0 Å². The van der Waals surface area contributed by atoms with Gasteiger partial charge in [-0.15, -0.1) is 0 Å². The molecule has 0 fully saturated rings. The number of carbonyl (C=O) groups excluding carboxylic acids is 2. The number of nitrogens with one attached hydrogen (secondary N) is 1. The molecule has 7 nitrogen and oxygen atoms in total. The Bertz CT molecular complexity index is 1310. The second-order valence-electron chi connectivity index (χ2n) is 9.90. The van der Waals surface area contributed by atoms with Gasteiger partial charge in [-0.2, -0.15) is 0 Å². The van der Waals surface area contributed by atoms with Crippen molar-refractivity contribution in [2.45, 2.75) is 39.8 Å². The summed E-state index contributed by atoms with van der Waals surface area (Å²) in [7, 11) is -3.77. The molecule has 1 atom stereocenters. The highest BCUT2D eigenvalue weighted by atomic mass is 32.2. The summed E-state index contributed by atoms with van der Waals surface area (Å²) in [5.41, 5.74) is 3.17. The summed E-state index contributed by atoms with van der Waals surface area (Å²) in [4.78, 5) is 29.1. The number of carbonyl (C=O) groups is 2. The normalized spacial score (nSPS) is 12.1. The average Bonchev–Trinajstić information content (AvgIpc) is 2.89. The van der Waals surface area contributed by atoms with Crippen molar-refractivity contribution in [3.8, 4) is 0 Å². The summed E-state index contributed by atoms with van der Waals surface area (Å²) in [6, 6.07) is 24.9. The molecule has 0 unspecified atom stereocenters. The minimum absolute atomic E-state index is 0.171. The van der Waals surface area contributed by atoms with Crippen molar-refractivity contribution in [2.24, 2.45) is 5.92 Å². The Balaban J connectivity index is 2.04. The molecule has 0 bridgehead atoms. The number of hydrogen-bond donors (Lipinski definition) is 1. The second-order valence-corrected chi connectivity index (χ2v) is 11.8. The maximum Gasteiger partial charge on any atom is 0.244 e. The van der Waals surface area contributed by atoms with Crippen LogP contribution in [-0.2, 0) is 32.6 Å². The topological polar surface area (TPSA) is 86.8 Å². The van der Waals surface area contributed by atoms with Crippen LogP contribution in [0.1, 0.15) is 30.5 Å². The molecule has 0 aliphatic rings. The number of amides is 2. The molecular formula is C30H37N3O4S. The fraction of sp³-hybridized carbons (Fsp3) is 0.333. The first kappa shape index (κ1) is 28.9. The lowest BCUT2D eigenvalue weighted by atomic mass is 10.0. The summed E-state index contributed by atoms with van der Waals surface area (Å²) >= 11 is 0. The van der Waals surface area contributed by atoms with Crippen LogP contribution in [0.4, 0.5) is 5.69 Å². The van der Waals surface area contributed by atoms with Crippen LogP contribution in [0.25, 0.3) is 0 Å². The van der Waals surface area contributed by atoms with Crippen LogP contribution < -0.4 is 9.62 Å². The predicted octanol–water partition coefficient (Wildman–Crippen LogP) is 4.17. The van der Waals surface area contributed by atoms with E-state index in [-0.39, 0.29) is 18.4 Å². The number of benzene rings is 3. The van der Waals surface area contributed by atoms with Crippen LogP contribution in [0.15, 0.2) is 84.9 Å². The van der Waals surface area contributed by atoms with Crippen molar-refractivity contribution in [2.75, 3.05) is 23.7 Å². The monoisotopic (exact) mass is 535 g/mol. The first-order chi connectivity index (χ1) is 18.1. The van der Waals surface area contributed by atoms with Crippen molar-refractivity contribution in [1.82, 2.24) is 10.2 Å². The molecule has 0 aromatic heterocycles. The van der Waals surface area contributed by atoms with Crippen molar-refractivity contribution >= 4 is 27.5 Å². The smallest absolute Gasteiger partial charge is 0.244 e. The van der Waals surface area contributed by atoms with Crippen molar-refractivity contribution in [3.05, 3.63) is 102 Å². The van der Waals surface area contributed by atoms with E-state index in [1.807, 2.05) is 75.4 Å². The summed E-state index contributed by atoms with van der Waals surface area (Å²) in [6.45, 7) is 6.19. The number of para-hydroxylation sites is 1. The zero-order valence-corrected chi connectivity index (χ0v) is 23.3. The third kappa shape index (κ3) is 8.18. The summed E-state index contributed by atoms with van der Waals surface area (Å²) in [5.74, 6) is -0.492. The number of aryl methyl sites for hydroxylation is 1. The van der Waals surface area contributed by atoms with Gasteiger partial charge in [-0.1, -0.05) is 86.6 Å². The Labute approximate surface area is 226 Å². The SMILES string of the molecule is Cc1ccccc1CN(C(=O)CN(c1ccccc1)S(C)(=O)=O)[C@H](Cc1ccccc1)C(=O)NCC(C)C. The Hall–Kier alpha value is -3.65. The van der Waals surface area contributed by atoms with E-state index in [0.29, 0.717) is 18.7 Å². The van der Waals surface area contributed by atoms with Crippen molar-refractivity contribution in [3.63, 3.8) is 0 Å². The highest BCUT2D eigenvalue weighted by Gasteiger charge is 2.33. The van der Waals surface area contributed by atoms with Gasteiger partial charge in [0.1, 0.15) is 12.6 Å². The van der Waals surface area contributed by atoms with Gasteiger partial charge in [-0.3, -0.25) is 13.9 Å². The third-order valence-corrected chi connectivity index (χ3v) is 7.42. The lowest BCUT2D eigenvalue weighted by Crippen LogP contribution is -2.53. The summed E-state index contributed by atoms with van der Waals surface area (Å²) < 4.78 is 26.6. The van der Waals surface area contributed by atoms with Crippen LogP contribution in [0, 0.1) is 12.8 Å². The quantitative estimate of drug-likeness (QED) is 0.377. The largest absolute Gasteiger partial charge is 0.354 e. The van der Waals surface area contributed by atoms with Gasteiger partial charge in [-0.05, 0) is 41.7 Å². The van der Waals surface area contributed by atoms with Crippen LogP contribution in [0.2, 0.25) is 0 Å². The molecule has 202 valence electrons. The highest BCUT2D eigenvalue weighted by Crippen LogP contribution is 2.21. The molecule has 0 saturated heterocycles. The van der Waals surface area contributed by atoms with Crippen LogP contribution in [-0.4, -0.2) is 50.5 Å². The summed E-state index contributed by atoms with van der Waals surface area (Å²) in [5, 5.41) is 2.99. The van der Waals surface area contributed by atoms with Gasteiger partial charge in [-0.25, -0.2) is 8.42 Å². The van der Waals surface area contributed by atoms with E-state index in [1.54, 1.807) is 30.3 Å². The van der Waals surface area contributed by atoms with Gasteiger partial charge >= 0.3 is 0 Å². The van der Waals surface area contributed by atoms with Gasteiger partial charge < -0.3 is 10.2 Å². The zero-order chi connectivity index (χ0) is 27.7. The van der Waals surface area contributed by atoms with Gasteiger partial charge in [0.25, 0.3) is 0 Å². The van der Waals surface area contributed by atoms with Gasteiger partial charge in [0.2, 0.25) is 21.8 Å². The van der Waals surface area contributed by atoms with Crippen LogP contribution in [0.3, 0.4) is 0 Å². The maximum atomic E-state index is 14.0. The van der Waals surface area contributed by atoms with Crippen molar-refractivity contribution in [1.29, 1.82) is 0 Å². The number of rotatable bonds is 12. The molecule has 1 N–H and O–H groups in total. The predicted molar refractivity (Wildman–Crippen MR) is 152 cm³/mol. The third-order valence-electron chi connectivity index (χ3n) is 6.28. The molecule has 38 heavy (non-hydrogen) atoms. The minimum atomic E-state index is -3.77. The average molecular weight is 536 g/mol. The summed E-state index contributed by atoms with van der Waals surface area (Å²) in [6.07, 6.45) is 1.38. The zero-order valence-electron chi connectivity index (χ0n) is 22.5. The Morgan fingerprint density at radius 2 is 1.45 bits per heavy atom.